The van der Waals surface area contributed by atoms with Gasteiger partial charge in [-0.3, -0.25) is 10.1 Å². The molecule has 6 nitrogen and oxygen atoms in total. The van der Waals surface area contributed by atoms with Crippen molar-refractivity contribution in [3.05, 3.63) is 66.2 Å². The van der Waals surface area contributed by atoms with Gasteiger partial charge in [0.1, 0.15) is 6.10 Å². The molecule has 1 aliphatic heterocycles. The quantitative estimate of drug-likeness (QED) is 0.748. The first kappa shape index (κ1) is 21.4. The van der Waals surface area contributed by atoms with E-state index < -0.39 is 11.5 Å². The van der Waals surface area contributed by atoms with Crippen molar-refractivity contribution in [2.24, 2.45) is 0 Å². The number of carbonyl (C=O) groups excluding carboxylic acids is 2. The fourth-order valence-corrected chi connectivity index (χ4v) is 4.65. The Balaban J connectivity index is 1.37. The minimum Gasteiger partial charge on any atom is -0.446 e. The molecule has 2 amide bonds. The first-order valence-corrected chi connectivity index (χ1v) is 11.1. The van der Waals surface area contributed by atoms with Crippen LogP contribution in [0.5, 0.6) is 0 Å². The number of anilines is 1. The van der Waals surface area contributed by atoms with Gasteiger partial charge in [-0.05, 0) is 49.8 Å². The van der Waals surface area contributed by atoms with E-state index in [-0.39, 0.29) is 18.1 Å². The molecule has 2 fully saturated rings. The average Bonchev–Trinajstić information content (AvgIpc) is 2.81. The lowest BCUT2D eigenvalue weighted by molar-refractivity contribution is -0.131. The number of benzene rings is 2. The number of ether oxygens (including phenoxy) is 2. The Hall–Kier alpha value is -2.86. The molecule has 2 aliphatic rings. The highest BCUT2D eigenvalue weighted by atomic mass is 16.6. The van der Waals surface area contributed by atoms with Crippen molar-refractivity contribution in [3.8, 4) is 0 Å². The minimum atomic E-state index is -0.558. The van der Waals surface area contributed by atoms with E-state index in [1.807, 2.05) is 60.7 Å². The van der Waals surface area contributed by atoms with Crippen molar-refractivity contribution in [2.45, 2.75) is 56.1 Å². The Labute approximate surface area is 183 Å². The molecule has 0 unspecified atom stereocenters. The zero-order valence-electron chi connectivity index (χ0n) is 17.7. The van der Waals surface area contributed by atoms with Crippen LogP contribution in [0.15, 0.2) is 60.7 Å². The first-order chi connectivity index (χ1) is 15.2. The van der Waals surface area contributed by atoms with Crippen LogP contribution in [0.25, 0.3) is 0 Å². The Morgan fingerprint density at radius 2 is 1.61 bits per heavy atom. The number of hydrogen-bond donors (Lipinski definition) is 2. The molecule has 1 saturated heterocycles. The van der Waals surface area contributed by atoms with Gasteiger partial charge in [-0.1, -0.05) is 48.5 Å². The summed E-state index contributed by atoms with van der Waals surface area (Å²) in [6, 6.07) is 19.3. The molecule has 31 heavy (non-hydrogen) atoms. The third-order valence-corrected chi connectivity index (χ3v) is 6.36. The van der Waals surface area contributed by atoms with Crippen molar-refractivity contribution in [2.75, 3.05) is 18.5 Å². The molecule has 0 aromatic heterocycles. The highest BCUT2D eigenvalue weighted by molar-refractivity contribution is 5.88. The fourth-order valence-electron chi connectivity index (χ4n) is 4.65. The molecule has 1 aliphatic carbocycles. The smallest absolute Gasteiger partial charge is 0.411 e. The maximum Gasteiger partial charge on any atom is 0.411 e. The maximum atomic E-state index is 13.5. The molecule has 2 aromatic carbocycles. The van der Waals surface area contributed by atoms with Crippen LogP contribution in [-0.2, 0) is 19.7 Å². The summed E-state index contributed by atoms with van der Waals surface area (Å²) in [6.07, 6.45) is 3.95. The standard InChI is InChI=1S/C25H30N2O4/c28-23(25(14-16-30-17-15-25)19-8-3-1-4-9-19)26-21-12-7-13-22(18-21)31-24(29)27-20-10-5-2-6-11-20/h1-6,8-11,21-22H,7,12-18H2,(H,26,28)(H,27,29)/t21-,22-/m0/s1. The van der Waals surface area contributed by atoms with E-state index in [0.29, 0.717) is 38.2 Å². The third-order valence-electron chi connectivity index (χ3n) is 6.36. The van der Waals surface area contributed by atoms with E-state index in [4.69, 9.17) is 9.47 Å². The van der Waals surface area contributed by atoms with Crippen molar-refractivity contribution < 1.29 is 19.1 Å². The Morgan fingerprint density at radius 3 is 2.32 bits per heavy atom. The second kappa shape index (κ2) is 9.96. The first-order valence-electron chi connectivity index (χ1n) is 11.1. The maximum absolute atomic E-state index is 13.5. The van der Waals surface area contributed by atoms with Crippen LogP contribution in [-0.4, -0.2) is 37.4 Å². The highest BCUT2D eigenvalue weighted by Crippen LogP contribution is 2.36. The van der Waals surface area contributed by atoms with E-state index >= 15 is 0 Å². The van der Waals surface area contributed by atoms with Gasteiger partial charge in [-0.15, -0.1) is 0 Å². The number of nitrogens with one attached hydrogen (secondary N) is 2. The normalized spacial score (nSPS) is 22.8. The van der Waals surface area contributed by atoms with Crippen molar-refractivity contribution in [1.82, 2.24) is 5.32 Å². The molecule has 1 heterocycles. The fraction of sp³-hybridized carbons (Fsp3) is 0.440. The van der Waals surface area contributed by atoms with Gasteiger partial charge in [0.05, 0.1) is 5.41 Å². The van der Waals surface area contributed by atoms with Crippen LogP contribution in [0, 0.1) is 0 Å². The molecule has 0 radical (unpaired) electrons. The summed E-state index contributed by atoms with van der Waals surface area (Å²) >= 11 is 0. The third kappa shape index (κ3) is 5.25. The SMILES string of the molecule is O=C(Nc1ccccc1)O[C@H]1CCC[C@H](NC(=O)C2(c3ccccc3)CCOCC2)C1. The van der Waals surface area contributed by atoms with Gasteiger partial charge >= 0.3 is 6.09 Å². The number of amides is 2. The van der Waals surface area contributed by atoms with Crippen LogP contribution in [0.2, 0.25) is 0 Å². The minimum absolute atomic E-state index is 0.000734. The number of rotatable bonds is 5. The molecule has 0 bridgehead atoms. The number of hydrogen-bond acceptors (Lipinski definition) is 4. The molecule has 164 valence electrons. The summed E-state index contributed by atoms with van der Waals surface area (Å²) in [5.74, 6) is 0.0568. The Morgan fingerprint density at radius 1 is 0.935 bits per heavy atom. The van der Waals surface area contributed by atoms with Gasteiger partial charge in [0.15, 0.2) is 0 Å². The van der Waals surface area contributed by atoms with E-state index in [9.17, 15) is 9.59 Å². The van der Waals surface area contributed by atoms with Gasteiger partial charge in [0.25, 0.3) is 0 Å². The second-order valence-electron chi connectivity index (χ2n) is 8.42. The van der Waals surface area contributed by atoms with Gasteiger partial charge in [0.2, 0.25) is 5.91 Å². The van der Waals surface area contributed by atoms with Crippen LogP contribution in [0.4, 0.5) is 10.5 Å². The summed E-state index contributed by atoms with van der Waals surface area (Å²) in [4.78, 5) is 25.7. The Bertz CT molecular complexity index is 866. The molecule has 1 saturated carbocycles. The van der Waals surface area contributed by atoms with Gasteiger partial charge in [-0.25, -0.2) is 4.79 Å². The molecule has 0 spiro atoms. The highest BCUT2D eigenvalue weighted by Gasteiger charge is 2.42. The van der Waals surface area contributed by atoms with Gasteiger partial charge in [0, 0.05) is 31.4 Å². The van der Waals surface area contributed by atoms with Crippen LogP contribution >= 0.6 is 0 Å². The zero-order valence-corrected chi connectivity index (χ0v) is 17.7. The Kier molecular flexibility index (Phi) is 6.87. The predicted molar refractivity (Wildman–Crippen MR) is 119 cm³/mol. The number of carbonyl (C=O) groups is 2. The van der Waals surface area contributed by atoms with Gasteiger partial charge in [-0.2, -0.15) is 0 Å². The average molecular weight is 423 g/mol. The van der Waals surface area contributed by atoms with Crippen molar-refractivity contribution in [3.63, 3.8) is 0 Å². The molecule has 4 rings (SSSR count). The summed E-state index contributed by atoms with van der Waals surface area (Å²) in [5.41, 5.74) is 1.19. The number of para-hydroxylation sites is 1. The predicted octanol–water partition coefficient (Wildman–Crippen LogP) is 4.41. The molecule has 2 aromatic rings. The molecular formula is C25H30N2O4. The lowest BCUT2D eigenvalue weighted by atomic mass is 9.73. The van der Waals surface area contributed by atoms with E-state index in [0.717, 1.165) is 24.8 Å². The van der Waals surface area contributed by atoms with Crippen LogP contribution in [0.3, 0.4) is 0 Å². The summed E-state index contributed by atoms with van der Waals surface area (Å²) in [7, 11) is 0. The van der Waals surface area contributed by atoms with E-state index in [1.54, 1.807) is 0 Å². The molecule has 2 atom stereocenters. The summed E-state index contributed by atoms with van der Waals surface area (Å²) in [5, 5.41) is 6.04. The summed E-state index contributed by atoms with van der Waals surface area (Å²) in [6.45, 7) is 1.16. The zero-order chi connectivity index (χ0) is 21.5. The van der Waals surface area contributed by atoms with Crippen molar-refractivity contribution in [1.29, 1.82) is 0 Å². The lowest BCUT2D eigenvalue weighted by Gasteiger charge is -2.38. The second-order valence-corrected chi connectivity index (χ2v) is 8.42. The van der Waals surface area contributed by atoms with E-state index in [2.05, 4.69) is 10.6 Å². The van der Waals surface area contributed by atoms with Crippen LogP contribution in [0.1, 0.15) is 44.1 Å². The molecule has 2 N–H and O–H groups in total. The van der Waals surface area contributed by atoms with Crippen molar-refractivity contribution >= 4 is 17.7 Å². The van der Waals surface area contributed by atoms with E-state index in [1.165, 1.54) is 0 Å². The largest absolute Gasteiger partial charge is 0.446 e. The lowest BCUT2D eigenvalue weighted by Crippen LogP contribution is -2.52. The van der Waals surface area contributed by atoms with Gasteiger partial charge < -0.3 is 14.8 Å². The topological polar surface area (TPSA) is 76.7 Å². The molecular weight excluding hydrogens is 392 g/mol. The molecule has 6 heteroatoms. The van der Waals surface area contributed by atoms with Crippen LogP contribution < -0.4 is 10.6 Å². The monoisotopic (exact) mass is 422 g/mol. The summed E-state index contributed by atoms with van der Waals surface area (Å²) < 4.78 is 11.2.